The molecule has 1 aliphatic heterocycles. The second-order valence-electron chi connectivity index (χ2n) is 6.99. The molecule has 1 aromatic heterocycles. The number of benzene rings is 2. The van der Waals surface area contributed by atoms with Crippen molar-refractivity contribution in [2.24, 2.45) is 0 Å². The minimum absolute atomic E-state index is 0.0877. The number of ether oxygens (including phenoxy) is 1. The van der Waals surface area contributed by atoms with E-state index < -0.39 is 0 Å². The highest BCUT2D eigenvalue weighted by Gasteiger charge is 2.25. The molecule has 28 heavy (non-hydrogen) atoms. The standard InChI is InChI=1S/C22H23N3O2S/c1-27-19-9-5-8-17(11-19)22-23-12-20(28-22)14-25-13-18(24-21(26)15-25)10-16-6-3-2-4-7-16/h2-9,11-12,18H,10,13-15H2,1H3,(H,24,26)/t18-/m0/s1. The molecular formula is C22H23N3O2S. The predicted molar refractivity (Wildman–Crippen MR) is 111 cm³/mol. The maximum atomic E-state index is 12.2. The molecule has 6 heteroatoms. The summed E-state index contributed by atoms with van der Waals surface area (Å²) < 4.78 is 5.30. The number of hydrogen-bond donors (Lipinski definition) is 1. The molecule has 0 radical (unpaired) electrons. The molecule has 0 unspecified atom stereocenters. The van der Waals surface area contributed by atoms with Crippen molar-refractivity contribution in [3.8, 4) is 16.3 Å². The van der Waals surface area contributed by atoms with Crippen LogP contribution in [0.15, 0.2) is 60.8 Å². The summed E-state index contributed by atoms with van der Waals surface area (Å²) in [5, 5.41) is 4.09. The number of rotatable bonds is 6. The molecule has 144 valence electrons. The van der Waals surface area contributed by atoms with Crippen molar-refractivity contribution < 1.29 is 9.53 Å². The lowest BCUT2D eigenvalue weighted by molar-refractivity contribution is -0.125. The third-order valence-corrected chi connectivity index (χ3v) is 5.82. The van der Waals surface area contributed by atoms with E-state index in [2.05, 4.69) is 27.3 Å². The van der Waals surface area contributed by atoms with Crippen LogP contribution in [0.1, 0.15) is 10.4 Å². The van der Waals surface area contributed by atoms with Crippen molar-refractivity contribution in [3.63, 3.8) is 0 Å². The summed E-state index contributed by atoms with van der Waals surface area (Å²) in [6, 6.07) is 18.4. The van der Waals surface area contributed by atoms with Crippen LogP contribution in [0.2, 0.25) is 0 Å². The van der Waals surface area contributed by atoms with Crippen molar-refractivity contribution in [1.82, 2.24) is 15.2 Å². The van der Waals surface area contributed by atoms with Crippen LogP contribution in [0.25, 0.3) is 10.6 Å². The Kier molecular flexibility index (Phi) is 5.69. The molecule has 1 N–H and O–H groups in total. The van der Waals surface area contributed by atoms with E-state index in [1.54, 1.807) is 18.4 Å². The van der Waals surface area contributed by atoms with Gasteiger partial charge >= 0.3 is 0 Å². The van der Waals surface area contributed by atoms with Gasteiger partial charge in [0.15, 0.2) is 0 Å². The predicted octanol–water partition coefficient (Wildman–Crippen LogP) is 3.36. The van der Waals surface area contributed by atoms with Gasteiger partial charge in [0.25, 0.3) is 0 Å². The lowest BCUT2D eigenvalue weighted by Gasteiger charge is -2.32. The van der Waals surface area contributed by atoms with Crippen LogP contribution in [0.3, 0.4) is 0 Å². The summed E-state index contributed by atoms with van der Waals surface area (Å²) in [6.07, 6.45) is 2.76. The van der Waals surface area contributed by atoms with Gasteiger partial charge in [0.1, 0.15) is 10.8 Å². The van der Waals surface area contributed by atoms with Crippen LogP contribution in [-0.4, -0.2) is 42.0 Å². The number of nitrogens with zero attached hydrogens (tertiary/aromatic N) is 2. The zero-order valence-corrected chi connectivity index (χ0v) is 16.6. The summed E-state index contributed by atoms with van der Waals surface area (Å²) in [6.45, 7) is 2.01. The number of nitrogens with one attached hydrogen (secondary N) is 1. The van der Waals surface area contributed by atoms with Gasteiger partial charge in [-0.2, -0.15) is 0 Å². The Labute approximate surface area is 169 Å². The number of piperazine rings is 1. The number of carbonyl (C=O) groups is 1. The highest BCUT2D eigenvalue weighted by atomic mass is 32.1. The maximum Gasteiger partial charge on any atom is 0.234 e. The van der Waals surface area contributed by atoms with E-state index in [0.717, 1.165) is 40.7 Å². The van der Waals surface area contributed by atoms with E-state index in [0.29, 0.717) is 6.54 Å². The van der Waals surface area contributed by atoms with Gasteiger partial charge < -0.3 is 10.1 Å². The molecule has 2 heterocycles. The van der Waals surface area contributed by atoms with Crippen LogP contribution in [0, 0.1) is 0 Å². The molecule has 5 nitrogen and oxygen atoms in total. The van der Waals surface area contributed by atoms with Crippen molar-refractivity contribution >= 4 is 17.2 Å². The van der Waals surface area contributed by atoms with Crippen LogP contribution in [0.5, 0.6) is 5.75 Å². The first-order chi connectivity index (χ1) is 13.7. The second kappa shape index (κ2) is 8.54. The number of amides is 1. The van der Waals surface area contributed by atoms with E-state index in [4.69, 9.17) is 4.74 Å². The fourth-order valence-corrected chi connectivity index (χ4v) is 4.47. The normalized spacial score (nSPS) is 17.3. The van der Waals surface area contributed by atoms with Crippen LogP contribution in [0.4, 0.5) is 0 Å². The molecule has 1 fully saturated rings. The highest BCUT2D eigenvalue weighted by molar-refractivity contribution is 7.15. The topological polar surface area (TPSA) is 54.5 Å². The number of carbonyl (C=O) groups excluding carboxylic acids is 1. The molecule has 1 aliphatic rings. The average molecular weight is 394 g/mol. The minimum atomic E-state index is 0.0877. The molecule has 4 rings (SSSR count). The summed E-state index contributed by atoms with van der Waals surface area (Å²) >= 11 is 1.67. The van der Waals surface area contributed by atoms with Crippen molar-refractivity contribution in [2.45, 2.75) is 19.0 Å². The number of aromatic nitrogens is 1. The zero-order valence-electron chi connectivity index (χ0n) is 15.8. The van der Waals surface area contributed by atoms with Crippen molar-refractivity contribution in [1.29, 1.82) is 0 Å². The van der Waals surface area contributed by atoms with Gasteiger partial charge in [-0.1, -0.05) is 42.5 Å². The van der Waals surface area contributed by atoms with Crippen molar-refractivity contribution in [3.05, 3.63) is 71.2 Å². The molecular weight excluding hydrogens is 370 g/mol. The van der Waals surface area contributed by atoms with Gasteiger partial charge in [-0.25, -0.2) is 4.98 Å². The van der Waals surface area contributed by atoms with Gasteiger partial charge in [-0.3, -0.25) is 9.69 Å². The maximum absolute atomic E-state index is 12.2. The quantitative estimate of drug-likeness (QED) is 0.698. The summed E-state index contributed by atoms with van der Waals surface area (Å²) in [5.41, 5.74) is 2.29. The van der Waals surface area contributed by atoms with Crippen LogP contribution in [-0.2, 0) is 17.8 Å². The largest absolute Gasteiger partial charge is 0.497 e. The molecule has 0 spiro atoms. The van der Waals surface area contributed by atoms with Crippen LogP contribution >= 0.6 is 11.3 Å². The number of hydrogen-bond acceptors (Lipinski definition) is 5. The molecule has 0 saturated carbocycles. The summed E-state index contributed by atoms with van der Waals surface area (Å²) in [7, 11) is 1.67. The molecule has 1 atom stereocenters. The van der Waals surface area contributed by atoms with E-state index >= 15 is 0 Å². The third kappa shape index (κ3) is 4.58. The van der Waals surface area contributed by atoms with Gasteiger partial charge in [0.05, 0.1) is 13.7 Å². The second-order valence-corrected chi connectivity index (χ2v) is 8.10. The Morgan fingerprint density at radius 3 is 2.89 bits per heavy atom. The highest BCUT2D eigenvalue weighted by Crippen LogP contribution is 2.28. The first-order valence-corrected chi connectivity index (χ1v) is 10.2. The summed E-state index contributed by atoms with van der Waals surface area (Å²) in [5.74, 6) is 0.912. The fraction of sp³-hybridized carbons (Fsp3) is 0.273. The number of methoxy groups -OCH3 is 1. The van der Waals surface area contributed by atoms with Gasteiger partial charge in [-0.05, 0) is 24.1 Å². The smallest absolute Gasteiger partial charge is 0.234 e. The number of thiazole rings is 1. The monoisotopic (exact) mass is 393 g/mol. The SMILES string of the molecule is COc1cccc(-c2ncc(CN3CC(=O)N[C@@H](Cc4ccccc4)C3)s2)c1. The van der Waals surface area contributed by atoms with Crippen LogP contribution < -0.4 is 10.1 Å². The van der Waals surface area contributed by atoms with Gasteiger partial charge in [0.2, 0.25) is 5.91 Å². The molecule has 0 aliphatic carbocycles. The Bertz CT molecular complexity index is 942. The lowest BCUT2D eigenvalue weighted by atomic mass is 10.0. The third-order valence-electron chi connectivity index (χ3n) is 4.79. The Hall–Kier alpha value is -2.70. The molecule has 1 saturated heterocycles. The lowest BCUT2D eigenvalue weighted by Crippen LogP contribution is -2.54. The van der Waals surface area contributed by atoms with Crippen molar-refractivity contribution in [2.75, 3.05) is 20.2 Å². The average Bonchev–Trinajstić information content (AvgIpc) is 3.17. The Morgan fingerprint density at radius 1 is 1.21 bits per heavy atom. The first-order valence-electron chi connectivity index (χ1n) is 9.34. The minimum Gasteiger partial charge on any atom is -0.497 e. The Morgan fingerprint density at radius 2 is 2.07 bits per heavy atom. The molecule has 3 aromatic rings. The van der Waals surface area contributed by atoms with Gasteiger partial charge in [0, 0.05) is 35.8 Å². The molecule has 0 bridgehead atoms. The van der Waals surface area contributed by atoms with Gasteiger partial charge in [-0.15, -0.1) is 11.3 Å². The fourth-order valence-electron chi connectivity index (χ4n) is 3.52. The zero-order chi connectivity index (χ0) is 19.3. The molecule has 1 amide bonds. The first kappa shape index (κ1) is 18.7. The van der Waals surface area contributed by atoms with E-state index in [1.807, 2.05) is 48.7 Å². The van der Waals surface area contributed by atoms with E-state index in [1.165, 1.54) is 5.56 Å². The summed E-state index contributed by atoms with van der Waals surface area (Å²) in [4.78, 5) is 20.1. The Balaban J connectivity index is 1.42. The van der Waals surface area contributed by atoms with E-state index in [9.17, 15) is 4.79 Å². The molecule has 2 aromatic carbocycles. The van der Waals surface area contributed by atoms with E-state index in [-0.39, 0.29) is 11.9 Å².